The van der Waals surface area contributed by atoms with E-state index in [-0.39, 0.29) is 36.1 Å². The lowest BCUT2D eigenvalue weighted by Gasteiger charge is -2.52. The second-order valence-corrected chi connectivity index (χ2v) is 10.2. The molecule has 1 aromatic rings. The molecule has 3 aliphatic carbocycles. The SMILES string of the molecule is CCCNCc1cc(O)c2c(c1F)C[C@H]1C[C@H]3[C@H](N(C)C)C(=O)C(C(N)=O)C(=O)[C@@]3(O)C(=O)C1C2=O. The Kier molecular flexibility index (Phi) is 6.61. The Morgan fingerprint density at radius 3 is 2.50 bits per heavy atom. The summed E-state index contributed by atoms with van der Waals surface area (Å²) < 4.78 is 15.5. The molecule has 2 saturated carbocycles. The van der Waals surface area contributed by atoms with Gasteiger partial charge in [-0.3, -0.25) is 28.9 Å². The minimum Gasteiger partial charge on any atom is -0.507 e. The Labute approximate surface area is 207 Å². The number of hydrogen-bond donors (Lipinski definition) is 4. The zero-order valence-corrected chi connectivity index (χ0v) is 20.3. The molecule has 0 spiro atoms. The number of carbonyl (C=O) groups is 5. The number of nitrogens with zero attached hydrogens (tertiary/aromatic N) is 1. The van der Waals surface area contributed by atoms with Crippen LogP contribution < -0.4 is 11.1 Å². The van der Waals surface area contributed by atoms with Crippen molar-refractivity contribution in [1.29, 1.82) is 0 Å². The third kappa shape index (κ3) is 3.60. The van der Waals surface area contributed by atoms with Crippen LogP contribution in [-0.4, -0.2) is 76.4 Å². The summed E-state index contributed by atoms with van der Waals surface area (Å²) in [6, 6.07) is -0.0652. The fourth-order valence-electron chi connectivity index (χ4n) is 6.24. The molecule has 3 aliphatic rings. The van der Waals surface area contributed by atoms with Gasteiger partial charge in [0, 0.05) is 23.6 Å². The molecule has 194 valence electrons. The van der Waals surface area contributed by atoms with Gasteiger partial charge in [-0.15, -0.1) is 0 Å². The van der Waals surface area contributed by atoms with Crippen molar-refractivity contribution in [3.8, 4) is 5.75 Å². The van der Waals surface area contributed by atoms with E-state index in [1.54, 1.807) is 0 Å². The standard InChI is InChI=1S/C25H30FN3O7/c1-4-5-28-9-11-8-14(30)16-12(18(11)26)6-10-7-13-19(29(2)3)21(32)17(24(27)35)23(34)25(13,36)22(33)15(10)20(16)31/h8,10,13,15,17,19,28,30,36H,4-7,9H2,1-3H3,(H2,27,35)/t10-,13-,15?,17?,19-,25-/m0/s1. The number of ketones is 4. The number of amides is 1. The van der Waals surface area contributed by atoms with E-state index >= 15 is 4.39 Å². The topological polar surface area (TPSA) is 167 Å². The number of fused-ring (bicyclic) bond motifs is 3. The molecule has 0 saturated heterocycles. The van der Waals surface area contributed by atoms with Gasteiger partial charge in [0.05, 0.1) is 17.5 Å². The van der Waals surface area contributed by atoms with E-state index in [4.69, 9.17) is 5.73 Å². The van der Waals surface area contributed by atoms with Crippen molar-refractivity contribution in [1.82, 2.24) is 10.2 Å². The number of hydrogen-bond acceptors (Lipinski definition) is 9. The molecule has 11 heteroatoms. The van der Waals surface area contributed by atoms with E-state index in [9.17, 15) is 34.2 Å². The molecule has 2 unspecified atom stereocenters. The lowest BCUT2D eigenvalue weighted by atomic mass is 9.52. The predicted octanol–water partition coefficient (Wildman–Crippen LogP) is -0.494. The number of phenolic OH excluding ortho intramolecular Hbond substituents is 1. The zero-order valence-electron chi connectivity index (χ0n) is 20.3. The van der Waals surface area contributed by atoms with Crippen LogP contribution in [0.2, 0.25) is 0 Å². The fourth-order valence-corrected chi connectivity index (χ4v) is 6.24. The van der Waals surface area contributed by atoms with E-state index in [0.717, 1.165) is 12.5 Å². The lowest BCUT2D eigenvalue weighted by Crippen LogP contribution is -2.74. The Bertz CT molecular complexity index is 1180. The van der Waals surface area contributed by atoms with Crippen LogP contribution in [0, 0.1) is 29.5 Å². The van der Waals surface area contributed by atoms with Gasteiger partial charge in [0.1, 0.15) is 11.6 Å². The summed E-state index contributed by atoms with van der Waals surface area (Å²) in [5, 5.41) is 25.1. The first-order valence-corrected chi connectivity index (χ1v) is 12.0. The number of benzene rings is 1. The summed E-state index contributed by atoms with van der Waals surface area (Å²) in [5.41, 5.74) is 2.28. The van der Waals surface area contributed by atoms with Crippen molar-refractivity contribution in [3.05, 3.63) is 28.6 Å². The molecule has 0 aromatic heterocycles. The number of likely N-dealkylation sites (N-methyl/N-ethyl adjacent to an activating group) is 1. The summed E-state index contributed by atoms with van der Waals surface area (Å²) in [7, 11) is 3.00. The van der Waals surface area contributed by atoms with Crippen LogP contribution >= 0.6 is 0 Å². The van der Waals surface area contributed by atoms with E-state index < -0.39 is 75.9 Å². The Hall–Kier alpha value is -3.02. The molecule has 5 N–H and O–H groups in total. The van der Waals surface area contributed by atoms with Gasteiger partial charge < -0.3 is 21.3 Å². The van der Waals surface area contributed by atoms with E-state index in [1.165, 1.54) is 19.0 Å². The first-order chi connectivity index (χ1) is 16.9. The van der Waals surface area contributed by atoms with Gasteiger partial charge in [0.25, 0.3) is 0 Å². The van der Waals surface area contributed by atoms with Crippen molar-refractivity contribution < 1.29 is 38.6 Å². The van der Waals surface area contributed by atoms with Crippen LogP contribution in [0.1, 0.15) is 41.3 Å². The summed E-state index contributed by atoms with van der Waals surface area (Å²) in [4.78, 5) is 66.8. The monoisotopic (exact) mass is 503 g/mol. The van der Waals surface area contributed by atoms with Gasteiger partial charge in [-0.2, -0.15) is 0 Å². The number of aliphatic hydroxyl groups is 1. The number of halogens is 1. The highest BCUT2D eigenvalue weighted by Crippen LogP contribution is 2.51. The number of carbonyl (C=O) groups excluding carboxylic acids is 5. The van der Waals surface area contributed by atoms with E-state index in [0.29, 0.717) is 6.54 Å². The number of rotatable bonds is 6. The molecule has 6 atom stereocenters. The maximum atomic E-state index is 15.5. The summed E-state index contributed by atoms with van der Waals surface area (Å²) in [5.74, 6) is -12.3. The summed E-state index contributed by atoms with van der Waals surface area (Å²) in [6.07, 6.45) is 0.587. The van der Waals surface area contributed by atoms with Gasteiger partial charge in [0.2, 0.25) is 5.91 Å². The molecule has 2 fully saturated rings. The molecule has 1 amide bonds. The first kappa shape index (κ1) is 26.1. The highest BCUT2D eigenvalue weighted by molar-refractivity contribution is 6.32. The van der Waals surface area contributed by atoms with Gasteiger partial charge in [-0.05, 0) is 51.9 Å². The second-order valence-electron chi connectivity index (χ2n) is 10.2. The van der Waals surface area contributed by atoms with Crippen molar-refractivity contribution in [2.45, 2.75) is 44.4 Å². The molecule has 10 nitrogen and oxygen atoms in total. The Morgan fingerprint density at radius 2 is 1.92 bits per heavy atom. The van der Waals surface area contributed by atoms with Crippen LogP contribution in [0.3, 0.4) is 0 Å². The van der Waals surface area contributed by atoms with Crippen LogP contribution in [0.5, 0.6) is 5.75 Å². The number of primary amides is 1. The second kappa shape index (κ2) is 9.13. The number of Topliss-reactive ketones (excluding diaryl/α,β-unsaturated/α-hetero) is 4. The van der Waals surface area contributed by atoms with E-state index in [2.05, 4.69) is 5.32 Å². The van der Waals surface area contributed by atoms with Crippen LogP contribution in [-0.2, 0) is 32.1 Å². The minimum absolute atomic E-state index is 0.0299. The van der Waals surface area contributed by atoms with Crippen LogP contribution in [0.4, 0.5) is 4.39 Å². The fraction of sp³-hybridized carbons (Fsp3) is 0.560. The van der Waals surface area contributed by atoms with E-state index in [1.807, 2.05) is 6.92 Å². The average molecular weight is 504 g/mol. The molecular weight excluding hydrogens is 473 g/mol. The molecule has 36 heavy (non-hydrogen) atoms. The minimum atomic E-state index is -2.80. The van der Waals surface area contributed by atoms with Crippen LogP contribution in [0.25, 0.3) is 0 Å². The number of aromatic hydroxyl groups is 1. The normalized spacial score (nSPS) is 31.8. The Morgan fingerprint density at radius 1 is 1.25 bits per heavy atom. The largest absolute Gasteiger partial charge is 0.507 e. The third-order valence-corrected chi connectivity index (χ3v) is 7.81. The third-order valence-electron chi connectivity index (χ3n) is 7.81. The maximum absolute atomic E-state index is 15.5. The smallest absolute Gasteiger partial charge is 0.235 e. The van der Waals surface area contributed by atoms with Crippen molar-refractivity contribution in [3.63, 3.8) is 0 Å². The van der Waals surface area contributed by atoms with Gasteiger partial charge in [-0.25, -0.2) is 4.39 Å². The molecule has 0 bridgehead atoms. The van der Waals surface area contributed by atoms with Crippen LogP contribution in [0.15, 0.2) is 6.07 Å². The van der Waals surface area contributed by atoms with Crippen molar-refractivity contribution in [2.75, 3.05) is 20.6 Å². The highest BCUT2D eigenvalue weighted by Gasteiger charge is 2.69. The Balaban J connectivity index is 1.81. The van der Waals surface area contributed by atoms with Gasteiger partial charge >= 0.3 is 0 Å². The van der Waals surface area contributed by atoms with Gasteiger partial charge in [-0.1, -0.05) is 6.92 Å². The average Bonchev–Trinajstić information content (AvgIpc) is 2.79. The quantitative estimate of drug-likeness (QED) is 0.296. The lowest BCUT2D eigenvalue weighted by molar-refractivity contribution is -0.181. The van der Waals surface area contributed by atoms with Crippen molar-refractivity contribution >= 4 is 29.0 Å². The number of phenols is 1. The number of nitrogens with two attached hydrogens (primary N) is 1. The summed E-state index contributed by atoms with van der Waals surface area (Å²) >= 11 is 0. The summed E-state index contributed by atoms with van der Waals surface area (Å²) in [6.45, 7) is 2.70. The molecule has 4 rings (SSSR count). The molecular formula is C25H30FN3O7. The zero-order chi connectivity index (χ0) is 26.7. The van der Waals surface area contributed by atoms with Crippen molar-refractivity contribution in [2.24, 2.45) is 29.4 Å². The molecule has 1 aromatic carbocycles. The predicted molar refractivity (Wildman–Crippen MR) is 123 cm³/mol. The van der Waals surface area contributed by atoms with Gasteiger partial charge in [0.15, 0.2) is 34.7 Å². The highest BCUT2D eigenvalue weighted by atomic mass is 19.1. The molecule has 0 radical (unpaired) electrons. The molecule has 0 heterocycles. The number of nitrogens with one attached hydrogen (secondary N) is 1. The first-order valence-electron chi connectivity index (χ1n) is 12.0. The molecule has 0 aliphatic heterocycles. The maximum Gasteiger partial charge on any atom is 0.235 e.